The van der Waals surface area contributed by atoms with Crippen LogP contribution in [-0.2, 0) is 9.84 Å². The van der Waals surface area contributed by atoms with Gasteiger partial charge < -0.3 is 10.6 Å². The van der Waals surface area contributed by atoms with E-state index in [4.69, 9.17) is 0 Å². The number of hydrogen-bond donors (Lipinski definition) is 2. The first-order chi connectivity index (χ1) is 8.57. The van der Waals surface area contributed by atoms with Crippen molar-refractivity contribution in [2.45, 2.75) is 20.3 Å². The molecule has 0 aliphatic carbocycles. The van der Waals surface area contributed by atoms with Crippen molar-refractivity contribution in [3.8, 4) is 0 Å². The van der Waals surface area contributed by atoms with Crippen molar-refractivity contribution in [3.63, 3.8) is 0 Å². The minimum Gasteiger partial charge on any atom is -0.370 e. The van der Waals surface area contributed by atoms with Crippen molar-refractivity contribution in [2.24, 2.45) is 0 Å². The van der Waals surface area contributed by atoms with Gasteiger partial charge >= 0.3 is 0 Å². The normalized spacial score (nSPS) is 11.2. The molecule has 1 rings (SSSR count). The number of hydrogen-bond acceptors (Lipinski definition) is 6. The lowest BCUT2D eigenvalue weighted by molar-refractivity contribution is 0.597. The van der Waals surface area contributed by atoms with Gasteiger partial charge in [0, 0.05) is 24.9 Å². The van der Waals surface area contributed by atoms with E-state index in [1.165, 1.54) is 6.33 Å². The first-order valence-electron chi connectivity index (χ1n) is 6.07. The minimum atomic E-state index is -2.94. The maximum atomic E-state index is 11.3. The van der Waals surface area contributed by atoms with Gasteiger partial charge in [0.1, 0.15) is 18.0 Å². The van der Waals surface area contributed by atoms with Gasteiger partial charge in [0.05, 0.1) is 5.75 Å². The van der Waals surface area contributed by atoms with E-state index in [0.717, 1.165) is 18.8 Å². The van der Waals surface area contributed by atoms with Crippen molar-refractivity contribution in [2.75, 3.05) is 35.2 Å². The lowest BCUT2D eigenvalue weighted by Crippen LogP contribution is -2.17. The number of nitrogens with one attached hydrogen (secondary N) is 2. The highest BCUT2D eigenvalue weighted by Crippen LogP contribution is 2.08. The summed E-state index contributed by atoms with van der Waals surface area (Å²) >= 11 is 0. The third-order valence-electron chi connectivity index (χ3n) is 2.38. The molecular formula is C11H20N4O2S. The number of sulfone groups is 1. The number of nitrogens with zero attached hydrogens (tertiary/aromatic N) is 2. The van der Waals surface area contributed by atoms with Crippen molar-refractivity contribution in [3.05, 3.63) is 12.4 Å². The summed E-state index contributed by atoms with van der Waals surface area (Å²) in [5.41, 5.74) is 0. The molecule has 0 spiro atoms. The maximum absolute atomic E-state index is 11.3. The summed E-state index contributed by atoms with van der Waals surface area (Å²) in [4.78, 5) is 8.11. The van der Waals surface area contributed by atoms with Crippen LogP contribution in [0.5, 0.6) is 0 Å². The van der Waals surface area contributed by atoms with Gasteiger partial charge in [0.15, 0.2) is 9.84 Å². The molecular weight excluding hydrogens is 252 g/mol. The Balaban J connectivity index is 2.47. The van der Waals surface area contributed by atoms with Gasteiger partial charge in [-0.3, -0.25) is 0 Å². The van der Waals surface area contributed by atoms with E-state index in [1.807, 2.05) is 0 Å². The lowest BCUT2D eigenvalue weighted by atomic mass is 10.4. The molecule has 1 aromatic heterocycles. The standard InChI is InChI=1S/C11H20N4O2S/c1-3-5-12-10-8-11(15-9-14-10)13-6-7-18(16,17)4-2/h8-9H,3-7H2,1-2H3,(H2,12,13,14,15). The molecule has 1 heterocycles. The van der Waals surface area contributed by atoms with Crippen LogP contribution in [0.1, 0.15) is 20.3 Å². The van der Waals surface area contributed by atoms with Crippen LogP contribution in [0.3, 0.4) is 0 Å². The van der Waals surface area contributed by atoms with Gasteiger partial charge in [-0.25, -0.2) is 18.4 Å². The summed E-state index contributed by atoms with van der Waals surface area (Å²) in [5, 5.41) is 6.12. The topological polar surface area (TPSA) is 84.0 Å². The molecule has 0 amide bonds. The molecule has 0 unspecified atom stereocenters. The Morgan fingerprint density at radius 3 is 2.28 bits per heavy atom. The third-order valence-corrected chi connectivity index (χ3v) is 4.09. The van der Waals surface area contributed by atoms with Crippen molar-refractivity contribution in [1.29, 1.82) is 0 Å². The molecule has 0 bridgehead atoms. The highest BCUT2D eigenvalue weighted by Gasteiger charge is 2.06. The quantitative estimate of drug-likeness (QED) is 0.738. The Bertz CT molecular complexity index is 462. The van der Waals surface area contributed by atoms with Crippen molar-refractivity contribution in [1.82, 2.24) is 9.97 Å². The first-order valence-corrected chi connectivity index (χ1v) is 7.89. The summed E-state index contributed by atoms with van der Waals surface area (Å²) in [6, 6.07) is 1.77. The fraction of sp³-hybridized carbons (Fsp3) is 0.636. The SMILES string of the molecule is CCCNc1cc(NCCS(=O)(=O)CC)ncn1. The fourth-order valence-corrected chi connectivity index (χ4v) is 1.98. The van der Waals surface area contributed by atoms with Crippen molar-refractivity contribution < 1.29 is 8.42 Å². The number of aromatic nitrogens is 2. The maximum Gasteiger partial charge on any atom is 0.151 e. The molecule has 0 radical (unpaired) electrons. The average molecular weight is 272 g/mol. The van der Waals surface area contributed by atoms with Gasteiger partial charge in [-0.2, -0.15) is 0 Å². The Morgan fingerprint density at radius 1 is 1.11 bits per heavy atom. The molecule has 102 valence electrons. The predicted molar refractivity (Wildman–Crippen MR) is 73.6 cm³/mol. The molecule has 0 atom stereocenters. The zero-order valence-corrected chi connectivity index (χ0v) is 11.6. The van der Waals surface area contributed by atoms with Gasteiger partial charge in [-0.15, -0.1) is 0 Å². The van der Waals surface area contributed by atoms with Crippen LogP contribution in [0, 0.1) is 0 Å². The van der Waals surface area contributed by atoms with Gasteiger partial charge in [-0.1, -0.05) is 13.8 Å². The summed E-state index contributed by atoms with van der Waals surface area (Å²) < 4.78 is 22.6. The molecule has 0 aliphatic heterocycles. The van der Waals surface area contributed by atoms with Crippen LogP contribution in [0.25, 0.3) is 0 Å². The Hall–Kier alpha value is -1.37. The van der Waals surface area contributed by atoms with Crippen LogP contribution in [0.15, 0.2) is 12.4 Å². The Morgan fingerprint density at radius 2 is 1.72 bits per heavy atom. The van der Waals surface area contributed by atoms with Crippen LogP contribution < -0.4 is 10.6 Å². The zero-order chi connectivity index (χ0) is 13.4. The summed E-state index contributed by atoms with van der Waals surface area (Å²) in [6.45, 7) is 4.93. The minimum absolute atomic E-state index is 0.116. The molecule has 0 saturated heterocycles. The van der Waals surface area contributed by atoms with Crippen molar-refractivity contribution >= 4 is 21.5 Å². The third kappa shape index (κ3) is 5.31. The van der Waals surface area contributed by atoms with Gasteiger partial charge in [0.2, 0.25) is 0 Å². The van der Waals surface area contributed by atoms with E-state index in [9.17, 15) is 8.42 Å². The number of rotatable bonds is 8. The smallest absolute Gasteiger partial charge is 0.151 e. The average Bonchev–Trinajstić information content (AvgIpc) is 2.37. The second-order valence-electron chi connectivity index (χ2n) is 3.88. The molecule has 6 nitrogen and oxygen atoms in total. The predicted octanol–water partition coefficient (Wildman–Crippen LogP) is 1.15. The largest absolute Gasteiger partial charge is 0.370 e. The fourth-order valence-electron chi connectivity index (χ4n) is 1.28. The van der Waals surface area contributed by atoms with Gasteiger partial charge in [0.25, 0.3) is 0 Å². The molecule has 0 fully saturated rings. The second-order valence-corrected chi connectivity index (χ2v) is 6.35. The monoisotopic (exact) mass is 272 g/mol. The number of anilines is 2. The first kappa shape index (κ1) is 14.7. The molecule has 7 heteroatoms. The molecule has 1 aromatic rings. The Labute approximate surface area is 108 Å². The molecule has 2 N–H and O–H groups in total. The van der Waals surface area contributed by atoms with E-state index >= 15 is 0 Å². The van der Waals surface area contributed by atoms with Crippen LogP contribution in [-0.4, -0.2) is 43.0 Å². The zero-order valence-electron chi connectivity index (χ0n) is 10.8. The van der Waals surface area contributed by atoms with Gasteiger partial charge in [-0.05, 0) is 6.42 Å². The summed E-state index contributed by atoms with van der Waals surface area (Å²) in [6.07, 6.45) is 2.47. The van der Waals surface area contributed by atoms with Crippen LogP contribution >= 0.6 is 0 Å². The van der Waals surface area contributed by atoms with Crippen LogP contribution in [0.4, 0.5) is 11.6 Å². The highest BCUT2D eigenvalue weighted by atomic mass is 32.2. The lowest BCUT2D eigenvalue weighted by Gasteiger charge is -2.07. The molecule has 0 aliphatic rings. The molecule has 18 heavy (non-hydrogen) atoms. The summed E-state index contributed by atoms with van der Waals surface area (Å²) in [7, 11) is -2.94. The van der Waals surface area contributed by atoms with E-state index in [2.05, 4.69) is 27.5 Å². The Kier molecular flexibility index (Phi) is 5.84. The van der Waals surface area contributed by atoms with E-state index in [1.54, 1.807) is 13.0 Å². The second kappa shape index (κ2) is 7.15. The van der Waals surface area contributed by atoms with E-state index < -0.39 is 9.84 Å². The van der Waals surface area contributed by atoms with Crippen LogP contribution in [0.2, 0.25) is 0 Å². The van der Waals surface area contributed by atoms with E-state index in [0.29, 0.717) is 12.4 Å². The summed E-state index contributed by atoms with van der Waals surface area (Å²) in [5.74, 6) is 1.66. The van der Waals surface area contributed by atoms with E-state index in [-0.39, 0.29) is 11.5 Å². The molecule has 0 aromatic carbocycles. The molecule has 0 saturated carbocycles. The highest BCUT2D eigenvalue weighted by molar-refractivity contribution is 7.91.